The minimum absolute atomic E-state index is 0.110. The monoisotopic (exact) mass is 224 g/mol. The third kappa shape index (κ3) is 1.95. The van der Waals surface area contributed by atoms with E-state index >= 15 is 0 Å². The third-order valence-corrected chi connectivity index (χ3v) is 4.15. The Bertz CT molecular complexity index is 222. The molecule has 0 N–H and O–H groups in total. The van der Waals surface area contributed by atoms with Crippen LogP contribution in [-0.4, -0.2) is 18.3 Å². The third-order valence-electron chi connectivity index (χ3n) is 4.15. The molecule has 92 valence electrons. The van der Waals surface area contributed by atoms with Gasteiger partial charge in [0.25, 0.3) is 0 Å². The van der Waals surface area contributed by atoms with Gasteiger partial charge in [0, 0.05) is 0 Å². The van der Waals surface area contributed by atoms with Crippen molar-refractivity contribution in [2.24, 2.45) is 0 Å². The molecule has 0 aliphatic carbocycles. The van der Waals surface area contributed by atoms with E-state index in [0.29, 0.717) is 0 Å². The molecule has 0 amide bonds. The van der Waals surface area contributed by atoms with Gasteiger partial charge >= 0.3 is 7.12 Å². The lowest BCUT2D eigenvalue weighted by Crippen LogP contribution is -2.50. The standard InChI is InChI=1S/C13H25BO2/c1-6-11-14-15-12(7-2,8-3)13(9-4,10-5)16-14/h6,11H,7-10H2,1-5H3/b11-6+. The Morgan fingerprint density at radius 3 is 1.50 bits per heavy atom. The molecule has 0 aromatic rings. The molecule has 0 saturated carbocycles. The van der Waals surface area contributed by atoms with Crippen molar-refractivity contribution >= 4 is 7.12 Å². The van der Waals surface area contributed by atoms with Gasteiger partial charge in [-0.15, -0.1) is 0 Å². The molecular weight excluding hydrogens is 199 g/mol. The molecule has 0 aromatic heterocycles. The molecule has 0 radical (unpaired) electrons. The summed E-state index contributed by atoms with van der Waals surface area (Å²) in [5.41, 5.74) is -0.221. The minimum Gasteiger partial charge on any atom is -0.399 e. The van der Waals surface area contributed by atoms with Crippen molar-refractivity contribution < 1.29 is 9.31 Å². The van der Waals surface area contributed by atoms with E-state index in [9.17, 15) is 0 Å². The quantitative estimate of drug-likeness (QED) is 0.662. The lowest BCUT2D eigenvalue weighted by atomic mass is 9.75. The van der Waals surface area contributed by atoms with E-state index in [1.807, 2.05) is 19.0 Å². The van der Waals surface area contributed by atoms with Crippen LogP contribution in [0.25, 0.3) is 0 Å². The summed E-state index contributed by atoms with van der Waals surface area (Å²) >= 11 is 0. The van der Waals surface area contributed by atoms with Crippen LogP contribution in [0.15, 0.2) is 12.1 Å². The van der Waals surface area contributed by atoms with Crippen LogP contribution in [0.5, 0.6) is 0 Å². The summed E-state index contributed by atoms with van der Waals surface area (Å²) in [6.45, 7) is 10.8. The van der Waals surface area contributed by atoms with Gasteiger partial charge in [-0.1, -0.05) is 39.7 Å². The molecule has 1 rings (SSSR count). The van der Waals surface area contributed by atoms with Crippen LogP contribution in [0.1, 0.15) is 60.3 Å². The predicted molar refractivity (Wildman–Crippen MR) is 69.4 cm³/mol. The Balaban J connectivity index is 3.03. The zero-order valence-corrected chi connectivity index (χ0v) is 11.4. The van der Waals surface area contributed by atoms with Crippen molar-refractivity contribution in [1.82, 2.24) is 0 Å². The Morgan fingerprint density at radius 2 is 1.25 bits per heavy atom. The summed E-state index contributed by atoms with van der Waals surface area (Å²) in [5.74, 6) is 2.01. The highest BCUT2D eigenvalue weighted by Crippen LogP contribution is 2.46. The zero-order chi connectivity index (χ0) is 12.2. The fraction of sp³-hybridized carbons (Fsp3) is 0.846. The number of allylic oxidation sites excluding steroid dienone is 1. The van der Waals surface area contributed by atoms with Crippen LogP contribution in [0.2, 0.25) is 0 Å². The molecule has 0 bridgehead atoms. The lowest BCUT2D eigenvalue weighted by Gasteiger charge is -2.42. The summed E-state index contributed by atoms with van der Waals surface area (Å²) in [7, 11) is -0.162. The van der Waals surface area contributed by atoms with Crippen LogP contribution in [0, 0.1) is 0 Å². The maximum absolute atomic E-state index is 6.18. The minimum atomic E-state index is -0.162. The Labute approximate surface area is 101 Å². The van der Waals surface area contributed by atoms with Crippen LogP contribution in [0.3, 0.4) is 0 Å². The van der Waals surface area contributed by atoms with E-state index in [1.54, 1.807) is 0 Å². The number of rotatable bonds is 5. The summed E-state index contributed by atoms with van der Waals surface area (Å²) in [4.78, 5) is 0. The van der Waals surface area contributed by atoms with Crippen molar-refractivity contribution in [2.45, 2.75) is 71.5 Å². The number of hydrogen-bond acceptors (Lipinski definition) is 2. The molecule has 1 aliphatic heterocycles. The predicted octanol–water partition coefficient (Wildman–Crippen LogP) is 3.75. The second-order valence-electron chi connectivity index (χ2n) is 4.53. The Morgan fingerprint density at radius 1 is 0.875 bits per heavy atom. The van der Waals surface area contributed by atoms with Crippen molar-refractivity contribution in [3.05, 3.63) is 12.1 Å². The van der Waals surface area contributed by atoms with Crippen LogP contribution >= 0.6 is 0 Å². The summed E-state index contributed by atoms with van der Waals surface area (Å²) in [5, 5.41) is 0. The van der Waals surface area contributed by atoms with E-state index in [0.717, 1.165) is 25.7 Å². The van der Waals surface area contributed by atoms with Gasteiger partial charge in [0.1, 0.15) is 0 Å². The van der Waals surface area contributed by atoms with Gasteiger partial charge in [0.2, 0.25) is 0 Å². The molecule has 1 heterocycles. The van der Waals surface area contributed by atoms with Crippen molar-refractivity contribution in [2.75, 3.05) is 0 Å². The molecular formula is C13H25BO2. The van der Waals surface area contributed by atoms with Gasteiger partial charge in [-0.25, -0.2) is 0 Å². The normalized spacial score (nSPS) is 23.2. The maximum atomic E-state index is 6.18. The van der Waals surface area contributed by atoms with Gasteiger partial charge in [-0.3, -0.25) is 0 Å². The highest BCUT2D eigenvalue weighted by Gasteiger charge is 2.57. The molecule has 1 aliphatic rings. The molecule has 16 heavy (non-hydrogen) atoms. The highest BCUT2D eigenvalue weighted by molar-refractivity contribution is 6.51. The molecule has 0 spiro atoms. The van der Waals surface area contributed by atoms with Crippen LogP contribution < -0.4 is 0 Å². The molecule has 1 fully saturated rings. The van der Waals surface area contributed by atoms with Crippen molar-refractivity contribution in [3.8, 4) is 0 Å². The molecule has 1 saturated heterocycles. The topological polar surface area (TPSA) is 18.5 Å². The zero-order valence-electron chi connectivity index (χ0n) is 11.4. The van der Waals surface area contributed by atoms with Gasteiger partial charge in [0.15, 0.2) is 0 Å². The SMILES string of the molecule is C/C=C/B1OC(CC)(CC)C(CC)(CC)O1. The summed E-state index contributed by atoms with van der Waals surface area (Å²) < 4.78 is 12.4. The van der Waals surface area contributed by atoms with E-state index in [2.05, 4.69) is 27.7 Å². The second-order valence-corrected chi connectivity index (χ2v) is 4.53. The van der Waals surface area contributed by atoms with E-state index in [-0.39, 0.29) is 18.3 Å². The van der Waals surface area contributed by atoms with Gasteiger partial charge in [-0.05, 0) is 32.6 Å². The highest BCUT2D eigenvalue weighted by atomic mass is 16.7. The smallest absolute Gasteiger partial charge is 0.399 e. The van der Waals surface area contributed by atoms with Crippen molar-refractivity contribution in [3.63, 3.8) is 0 Å². The molecule has 0 unspecified atom stereocenters. The van der Waals surface area contributed by atoms with E-state index in [1.165, 1.54) is 0 Å². The van der Waals surface area contributed by atoms with Crippen LogP contribution in [-0.2, 0) is 9.31 Å². The second kappa shape index (κ2) is 5.37. The number of hydrogen-bond donors (Lipinski definition) is 0. The van der Waals surface area contributed by atoms with Crippen LogP contribution in [0.4, 0.5) is 0 Å². The summed E-state index contributed by atoms with van der Waals surface area (Å²) in [6, 6.07) is 0. The lowest BCUT2D eigenvalue weighted by molar-refractivity contribution is -0.0601. The van der Waals surface area contributed by atoms with E-state index in [4.69, 9.17) is 9.31 Å². The summed E-state index contributed by atoms with van der Waals surface area (Å²) in [6.07, 6.45) is 6.05. The molecule has 2 nitrogen and oxygen atoms in total. The first-order valence-electron chi connectivity index (χ1n) is 6.62. The molecule has 0 aromatic carbocycles. The Kier molecular flexibility index (Phi) is 4.63. The average molecular weight is 224 g/mol. The molecule has 0 atom stereocenters. The van der Waals surface area contributed by atoms with Crippen molar-refractivity contribution in [1.29, 1.82) is 0 Å². The fourth-order valence-corrected chi connectivity index (χ4v) is 3.04. The van der Waals surface area contributed by atoms with Gasteiger partial charge in [-0.2, -0.15) is 0 Å². The largest absolute Gasteiger partial charge is 0.486 e. The first-order chi connectivity index (χ1) is 7.63. The Hall–Kier alpha value is -0.275. The van der Waals surface area contributed by atoms with E-state index < -0.39 is 0 Å². The first-order valence-corrected chi connectivity index (χ1v) is 6.62. The average Bonchev–Trinajstić information content (AvgIpc) is 2.64. The first kappa shape index (κ1) is 13.8. The van der Waals surface area contributed by atoms with Gasteiger partial charge < -0.3 is 9.31 Å². The fourth-order valence-electron chi connectivity index (χ4n) is 3.04. The van der Waals surface area contributed by atoms with Gasteiger partial charge in [0.05, 0.1) is 11.2 Å². The maximum Gasteiger partial charge on any atom is 0.486 e. The molecule has 3 heteroatoms.